The molecule has 0 saturated carbocycles. The first-order chi connectivity index (χ1) is 16.0. The summed E-state index contributed by atoms with van der Waals surface area (Å²) in [6.45, 7) is 6.06. The van der Waals surface area contributed by atoms with Crippen LogP contribution >= 0.6 is 11.6 Å². The third-order valence-electron chi connectivity index (χ3n) is 5.72. The second-order valence-electron chi connectivity index (χ2n) is 8.19. The molecule has 2 amide bonds. The lowest BCUT2D eigenvalue weighted by Crippen LogP contribution is -2.49. The maximum absolute atomic E-state index is 13.4. The standard InChI is InChI=1S/C26H33ClN2O4/c1-3-5-14-28-26(31)22(4-2)29(18-20-6-10-21(27)11-7-20)25(30)13-9-19-8-12-23-24(17-19)33-16-15-32-23/h6-8,10-12,17,22H,3-5,9,13-16,18H2,1-2H3,(H,28,31)/t22-/m1/s1. The highest BCUT2D eigenvalue weighted by molar-refractivity contribution is 6.30. The van der Waals surface area contributed by atoms with Crippen LogP contribution in [0.15, 0.2) is 42.5 Å². The van der Waals surface area contributed by atoms with Gasteiger partial charge >= 0.3 is 0 Å². The quantitative estimate of drug-likeness (QED) is 0.478. The molecule has 6 nitrogen and oxygen atoms in total. The number of benzene rings is 2. The van der Waals surface area contributed by atoms with E-state index in [1.54, 1.807) is 17.0 Å². The third-order valence-corrected chi connectivity index (χ3v) is 5.97. The summed E-state index contributed by atoms with van der Waals surface area (Å²) in [6, 6.07) is 12.6. The summed E-state index contributed by atoms with van der Waals surface area (Å²) in [5, 5.41) is 3.63. The molecule has 0 aromatic heterocycles. The van der Waals surface area contributed by atoms with Gasteiger partial charge in [0.1, 0.15) is 19.3 Å². The predicted octanol–water partition coefficient (Wildman–Crippen LogP) is 4.77. The van der Waals surface area contributed by atoms with E-state index < -0.39 is 6.04 Å². The fourth-order valence-corrected chi connectivity index (χ4v) is 3.98. The highest BCUT2D eigenvalue weighted by atomic mass is 35.5. The molecule has 178 valence electrons. The number of carbonyl (C=O) groups is 2. The van der Waals surface area contributed by atoms with Gasteiger partial charge < -0.3 is 19.7 Å². The molecule has 0 aliphatic carbocycles. The number of aryl methyl sites for hydroxylation is 1. The zero-order valence-electron chi connectivity index (χ0n) is 19.4. The Kier molecular flexibility index (Phi) is 9.43. The Labute approximate surface area is 201 Å². The minimum absolute atomic E-state index is 0.0580. The Hall–Kier alpha value is -2.73. The molecule has 3 rings (SSSR count). The normalized spacial score (nSPS) is 13.3. The Bertz CT molecular complexity index is 932. The van der Waals surface area contributed by atoms with E-state index in [0.29, 0.717) is 56.3 Å². The topological polar surface area (TPSA) is 67.9 Å². The average Bonchev–Trinajstić information content (AvgIpc) is 2.83. The number of hydrogen-bond donors (Lipinski definition) is 1. The molecule has 0 radical (unpaired) electrons. The summed E-state index contributed by atoms with van der Waals surface area (Å²) in [5.41, 5.74) is 1.94. The van der Waals surface area contributed by atoms with Crippen molar-refractivity contribution in [3.8, 4) is 11.5 Å². The first-order valence-corrected chi connectivity index (χ1v) is 12.1. The van der Waals surface area contributed by atoms with E-state index in [-0.39, 0.29) is 11.8 Å². The van der Waals surface area contributed by atoms with Gasteiger partial charge in [0.2, 0.25) is 11.8 Å². The fraction of sp³-hybridized carbons (Fsp3) is 0.462. The van der Waals surface area contributed by atoms with Crippen LogP contribution in [0.25, 0.3) is 0 Å². The van der Waals surface area contributed by atoms with E-state index in [1.165, 1.54) is 0 Å². The van der Waals surface area contributed by atoms with E-state index in [1.807, 2.05) is 37.3 Å². The Morgan fingerprint density at radius 3 is 2.42 bits per heavy atom. The highest BCUT2D eigenvalue weighted by Gasteiger charge is 2.28. The van der Waals surface area contributed by atoms with Crippen molar-refractivity contribution in [1.82, 2.24) is 10.2 Å². The van der Waals surface area contributed by atoms with Crippen molar-refractivity contribution >= 4 is 23.4 Å². The van der Waals surface area contributed by atoms with Crippen LogP contribution < -0.4 is 14.8 Å². The molecule has 1 aliphatic rings. The maximum Gasteiger partial charge on any atom is 0.242 e. The summed E-state index contributed by atoms with van der Waals surface area (Å²) in [7, 11) is 0. The number of ether oxygens (including phenoxy) is 2. The predicted molar refractivity (Wildman–Crippen MR) is 130 cm³/mol. The van der Waals surface area contributed by atoms with Gasteiger partial charge in [-0.25, -0.2) is 0 Å². The first kappa shape index (κ1) is 24.9. The molecule has 1 heterocycles. The minimum atomic E-state index is -0.523. The maximum atomic E-state index is 13.4. The number of halogens is 1. The number of rotatable bonds is 11. The van der Waals surface area contributed by atoms with Crippen LogP contribution in [0, 0.1) is 0 Å². The van der Waals surface area contributed by atoms with Gasteiger partial charge in [-0.3, -0.25) is 9.59 Å². The zero-order valence-corrected chi connectivity index (χ0v) is 20.2. The lowest BCUT2D eigenvalue weighted by molar-refractivity contribution is -0.141. The zero-order chi connectivity index (χ0) is 23.6. The van der Waals surface area contributed by atoms with Crippen molar-refractivity contribution in [3.63, 3.8) is 0 Å². The SMILES string of the molecule is CCCCNC(=O)[C@@H](CC)N(Cc1ccc(Cl)cc1)C(=O)CCc1ccc2c(c1)OCCO2. The molecule has 1 aliphatic heterocycles. The summed E-state index contributed by atoms with van der Waals surface area (Å²) >= 11 is 6.03. The molecule has 2 aromatic rings. The van der Waals surface area contributed by atoms with Crippen LogP contribution in [0.5, 0.6) is 11.5 Å². The van der Waals surface area contributed by atoms with Crippen molar-refractivity contribution in [1.29, 1.82) is 0 Å². The van der Waals surface area contributed by atoms with Gasteiger partial charge in [0.15, 0.2) is 11.5 Å². The smallest absolute Gasteiger partial charge is 0.242 e. The van der Waals surface area contributed by atoms with Crippen LogP contribution in [-0.4, -0.2) is 42.5 Å². The van der Waals surface area contributed by atoms with E-state index in [2.05, 4.69) is 12.2 Å². The van der Waals surface area contributed by atoms with Gasteiger partial charge in [-0.15, -0.1) is 0 Å². The molecular weight excluding hydrogens is 440 g/mol. The summed E-state index contributed by atoms with van der Waals surface area (Å²) in [4.78, 5) is 28.0. The third kappa shape index (κ3) is 7.13. The number of fused-ring (bicyclic) bond motifs is 1. The molecule has 7 heteroatoms. The van der Waals surface area contributed by atoms with Crippen LogP contribution in [0.3, 0.4) is 0 Å². The second-order valence-corrected chi connectivity index (χ2v) is 8.63. The van der Waals surface area contributed by atoms with Gasteiger partial charge in [0, 0.05) is 24.5 Å². The molecule has 0 fully saturated rings. The van der Waals surface area contributed by atoms with Crippen LogP contribution in [-0.2, 0) is 22.6 Å². The Morgan fingerprint density at radius 1 is 1.03 bits per heavy atom. The number of nitrogens with one attached hydrogen (secondary N) is 1. The molecule has 0 spiro atoms. The van der Waals surface area contributed by atoms with Gasteiger partial charge in [-0.05, 0) is 54.7 Å². The van der Waals surface area contributed by atoms with Crippen LogP contribution in [0.1, 0.15) is 50.7 Å². The number of carbonyl (C=O) groups excluding carboxylic acids is 2. The lowest BCUT2D eigenvalue weighted by atomic mass is 10.1. The summed E-state index contributed by atoms with van der Waals surface area (Å²) < 4.78 is 11.2. The molecule has 0 unspecified atom stereocenters. The second kappa shape index (κ2) is 12.5. The van der Waals surface area contributed by atoms with E-state index in [4.69, 9.17) is 21.1 Å². The number of amides is 2. The molecule has 0 saturated heterocycles. The molecule has 0 bridgehead atoms. The van der Waals surface area contributed by atoms with E-state index in [9.17, 15) is 9.59 Å². The first-order valence-electron chi connectivity index (χ1n) is 11.7. The number of hydrogen-bond acceptors (Lipinski definition) is 4. The molecular formula is C26H33ClN2O4. The number of nitrogens with zero attached hydrogens (tertiary/aromatic N) is 1. The largest absolute Gasteiger partial charge is 0.486 e. The van der Waals surface area contributed by atoms with E-state index in [0.717, 1.165) is 29.7 Å². The van der Waals surface area contributed by atoms with Crippen molar-refractivity contribution in [2.75, 3.05) is 19.8 Å². The van der Waals surface area contributed by atoms with Gasteiger partial charge in [0.25, 0.3) is 0 Å². The summed E-state index contributed by atoms with van der Waals surface area (Å²) in [5.74, 6) is 1.28. The molecule has 33 heavy (non-hydrogen) atoms. The van der Waals surface area contributed by atoms with Crippen LogP contribution in [0.4, 0.5) is 0 Å². The van der Waals surface area contributed by atoms with Crippen molar-refractivity contribution in [2.24, 2.45) is 0 Å². The van der Waals surface area contributed by atoms with E-state index >= 15 is 0 Å². The monoisotopic (exact) mass is 472 g/mol. The highest BCUT2D eigenvalue weighted by Crippen LogP contribution is 2.31. The van der Waals surface area contributed by atoms with Gasteiger partial charge in [0.05, 0.1) is 0 Å². The Morgan fingerprint density at radius 2 is 1.73 bits per heavy atom. The number of unbranched alkanes of at least 4 members (excludes halogenated alkanes) is 1. The van der Waals surface area contributed by atoms with Crippen LogP contribution in [0.2, 0.25) is 5.02 Å². The fourth-order valence-electron chi connectivity index (χ4n) is 3.85. The Balaban J connectivity index is 1.72. The average molecular weight is 473 g/mol. The summed E-state index contributed by atoms with van der Waals surface area (Å²) in [6.07, 6.45) is 3.31. The molecule has 1 atom stereocenters. The van der Waals surface area contributed by atoms with Gasteiger partial charge in [-0.1, -0.05) is 50.1 Å². The minimum Gasteiger partial charge on any atom is -0.486 e. The van der Waals surface area contributed by atoms with Crippen molar-refractivity contribution in [2.45, 2.75) is 58.5 Å². The van der Waals surface area contributed by atoms with Crippen molar-refractivity contribution < 1.29 is 19.1 Å². The van der Waals surface area contributed by atoms with Gasteiger partial charge in [-0.2, -0.15) is 0 Å². The molecule has 1 N–H and O–H groups in total. The molecule has 2 aromatic carbocycles. The lowest BCUT2D eigenvalue weighted by Gasteiger charge is -2.31. The van der Waals surface area contributed by atoms with Crippen molar-refractivity contribution in [3.05, 3.63) is 58.6 Å².